The molecule has 16 heavy (non-hydrogen) atoms. The van der Waals surface area contributed by atoms with Crippen molar-refractivity contribution in [1.82, 2.24) is 0 Å². The Bertz CT molecular complexity index is 526. The lowest BCUT2D eigenvalue weighted by Crippen LogP contribution is -2.26. The first-order valence-corrected chi connectivity index (χ1v) is 6.59. The van der Waals surface area contributed by atoms with Gasteiger partial charge in [0.1, 0.15) is 5.75 Å². The fourth-order valence-electron chi connectivity index (χ4n) is 6.33. The molecule has 6 aliphatic carbocycles. The van der Waals surface area contributed by atoms with Crippen LogP contribution in [-0.2, 0) is 0 Å². The van der Waals surface area contributed by atoms with Gasteiger partial charge in [0.2, 0.25) is 0 Å². The van der Waals surface area contributed by atoms with Gasteiger partial charge in [-0.05, 0) is 70.6 Å². The highest BCUT2D eigenvalue weighted by molar-refractivity contribution is 5.56. The van der Waals surface area contributed by atoms with Crippen LogP contribution in [0.15, 0.2) is 18.2 Å². The van der Waals surface area contributed by atoms with E-state index in [1.165, 1.54) is 0 Å². The Kier molecular flexibility index (Phi) is 0.843. The third-order valence-corrected chi connectivity index (χ3v) is 6.50. The molecule has 0 amide bonds. The first kappa shape index (κ1) is 7.37. The standard InChI is InChI=1S/C15H14O/c1-16-5-2-3-6-7(4-5)9-12-10-8(6)11-13(9)15(11)14(10)12/h2-4,8-15H,1H3/t8?,9?,10-,11-,12+,13+,14-,15+/m0/s1. The van der Waals surface area contributed by atoms with Crippen LogP contribution < -0.4 is 4.74 Å². The first-order valence-electron chi connectivity index (χ1n) is 6.59. The van der Waals surface area contributed by atoms with E-state index in [0.29, 0.717) is 0 Å². The van der Waals surface area contributed by atoms with E-state index in [1.54, 1.807) is 18.2 Å². The predicted molar refractivity (Wildman–Crippen MR) is 59.4 cm³/mol. The molecule has 6 aliphatic rings. The molecule has 2 unspecified atom stereocenters. The Morgan fingerprint density at radius 3 is 2.06 bits per heavy atom. The quantitative estimate of drug-likeness (QED) is 0.692. The highest BCUT2D eigenvalue weighted by Gasteiger charge is 2.88. The van der Waals surface area contributed by atoms with Crippen molar-refractivity contribution in [3.05, 3.63) is 29.3 Å². The fourth-order valence-corrected chi connectivity index (χ4v) is 6.33. The van der Waals surface area contributed by atoms with Crippen molar-refractivity contribution >= 4 is 0 Å². The van der Waals surface area contributed by atoms with Crippen molar-refractivity contribution in [2.75, 3.05) is 7.11 Å². The molecule has 2 bridgehead atoms. The third kappa shape index (κ3) is 0.489. The highest BCUT2D eigenvalue weighted by atomic mass is 16.5. The molecule has 0 spiro atoms. The number of benzene rings is 1. The summed E-state index contributed by atoms with van der Waals surface area (Å²) in [6.45, 7) is 0. The zero-order valence-electron chi connectivity index (χ0n) is 9.26. The molecule has 1 heteroatoms. The fraction of sp³-hybridized carbons (Fsp3) is 0.600. The maximum absolute atomic E-state index is 5.39. The summed E-state index contributed by atoms with van der Waals surface area (Å²) in [7, 11) is 1.79. The van der Waals surface area contributed by atoms with Gasteiger partial charge in [0.25, 0.3) is 0 Å². The van der Waals surface area contributed by atoms with E-state index in [4.69, 9.17) is 4.74 Å². The van der Waals surface area contributed by atoms with Gasteiger partial charge in [-0.25, -0.2) is 0 Å². The summed E-state index contributed by atoms with van der Waals surface area (Å²) in [5.41, 5.74) is 3.38. The van der Waals surface area contributed by atoms with Crippen LogP contribution in [0.4, 0.5) is 0 Å². The lowest BCUT2D eigenvalue weighted by molar-refractivity contribution is 0.317. The van der Waals surface area contributed by atoms with Crippen molar-refractivity contribution in [2.45, 2.75) is 11.8 Å². The molecule has 0 saturated heterocycles. The van der Waals surface area contributed by atoms with Crippen LogP contribution in [0, 0.1) is 35.5 Å². The minimum atomic E-state index is 0.945. The number of ether oxygens (including phenoxy) is 1. The molecule has 0 aromatic heterocycles. The number of rotatable bonds is 1. The summed E-state index contributed by atoms with van der Waals surface area (Å²) in [6, 6.07) is 6.88. The Morgan fingerprint density at radius 2 is 1.44 bits per heavy atom. The van der Waals surface area contributed by atoms with Crippen LogP contribution in [0.5, 0.6) is 5.75 Å². The van der Waals surface area contributed by atoms with E-state index >= 15 is 0 Å². The molecule has 8 atom stereocenters. The molecule has 1 aromatic carbocycles. The van der Waals surface area contributed by atoms with Crippen molar-refractivity contribution in [2.24, 2.45) is 35.5 Å². The first-order chi connectivity index (χ1) is 7.92. The van der Waals surface area contributed by atoms with Crippen molar-refractivity contribution in [1.29, 1.82) is 0 Å². The summed E-state index contributed by atoms with van der Waals surface area (Å²) in [4.78, 5) is 0. The van der Waals surface area contributed by atoms with Crippen molar-refractivity contribution in [3.63, 3.8) is 0 Å². The second-order valence-corrected chi connectivity index (χ2v) is 6.51. The number of hydrogen-bond acceptors (Lipinski definition) is 1. The Labute approximate surface area is 94.8 Å². The van der Waals surface area contributed by atoms with E-state index < -0.39 is 0 Å². The highest BCUT2D eigenvalue weighted by Crippen LogP contribution is 2.94. The SMILES string of the molecule is COc1ccc2c(c1)C1[C@@H]3[C@@H]4C2[C@H]2[C@@H]1[C@@H]2[C@H]34. The van der Waals surface area contributed by atoms with Gasteiger partial charge in [-0.3, -0.25) is 0 Å². The van der Waals surface area contributed by atoms with Crippen LogP contribution in [0.25, 0.3) is 0 Å². The van der Waals surface area contributed by atoms with Gasteiger partial charge in [-0.1, -0.05) is 6.07 Å². The molecule has 4 fully saturated rings. The van der Waals surface area contributed by atoms with E-state index in [2.05, 4.69) is 18.2 Å². The topological polar surface area (TPSA) is 9.23 Å². The average Bonchev–Trinajstić information content (AvgIpc) is 3.17. The smallest absolute Gasteiger partial charge is 0.119 e. The molecule has 0 N–H and O–H groups in total. The summed E-state index contributed by atoms with van der Waals surface area (Å²) in [5.74, 6) is 9.73. The Hall–Kier alpha value is -0.980. The lowest BCUT2D eigenvalue weighted by atomic mass is 9.67. The van der Waals surface area contributed by atoms with Crippen LogP contribution >= 0.6 is 0 Å². The molecule has 7 rings (SSSR count). The average molecular weight is 210 g/mol. The summed E-state index contributed by atoms with van der Waals surface area (Å²) in [6.07, 6.45) is 0. The molecular formula is C15H14O. The van der Waals surface area contributed by atoms with Crippen molar-refractivity contribution in [3.8, 4) is 5.75 Å². The van der Waals surface area contributed by atoms with Gasteiger partial charge in [-0.15, -0.1) is 0 Å². The Morgan fingerprint density at radius 1 is 0.812 bits per heavy atom. The third-order valence-electron chi connectivity index (χ3n) is 6.50. The second kappa shape index (κ2) is 1.83. The van der Waals surface area contributed by atoms with Gasteiger partial charge in [-0.2, -0.15) is 0 Å². The lowest BCUT2D eigenvalue weighted by Gasteiger charge is -2.37. The number of methoxy groups -OCH3 is 1. The molecule has 80 valence electrons. The van der Waals surface area contributed by atoms with Gasteiger partial charge >= 0.3 is 0 Å². The zero-order chi connectivity index (χ0) is 10.2. The van der Waals surface area contributed by atoms with Crippen LogP contribution in [0.1, 0.15) is 23.0 Å². The number of hydrogen-bond donors (Lipinski definition) is 0. The van der Waals surface area contributed by atoms with Crippen LogP contribution in [0.2, 0.25) is 0 Å². The zero-order valence-corrected chi connectivity index (χ0v) is 9.26. The van der Waals surface area contributed by atoms with Gasteiger partial charge < -0.3 is 4.74 Å². The van der Waals surface area contributed by atoms with Crippen LogP contribution in [-0.4, -0.2) is 7.11 Å². The van der Waals surface area contributed by atoms with Gasteiger partial charge in [0.15, 0.2) is 0 Å². The van der Waals surface area contributed by atoms with E-state index in [-0.39, 0.29) is 0 Å². The molecule has 0 heterocycles. The second-order valence-electron chi connectivity index (χ2n) is 6.51. The minimum absolute atomic E-state index is 0.945. The van der Waals surface area contributed by atoms with E-state index in [9.17, 15) is 0 Å². The minimum Gasteiger partial charge on any atom is -0.497 e. The molecule has 0 aliphatic heterocycles. The largest absolute Gasteiger partial charge is 0.497 e. The maximum atomic E-state index is 5.39. The molecule has 1 aromatic rings. The summed E-state index contributed by atoms with van der Waals surface area (Å²) >= 11 is 0. The monoisotopic (exact) mass is 210 g/mol. The molecule has 0 radical (unpaired) electrons. The summed E-state index contributed by atoms with van der Waals surface area (Å²) < 4.78 is 5.39. The maximum Gasteiger partial charge on any atom is 0.119 e. The van der Waals surface area contributed by atoms with E-state index in [0.717, 1.165) is 53.1 Å². The van der Waals surface area contributed by atoms with Crippen LogP contribution in [0.3, 0.4) is 0 Å². The van der Waals surface area contributed by atoms with Gasteiger partial charge in [0.05, 0.1) is 7.11 Å². The van der Waals surface area contributed by atoms with Crippen molar-refractivity contribution < 1.29 is 4.74 Å². The summed E-state index contributed by atoms with van der Waals surface area (Å²) in [5, 5.41) is 0. The Balaban J connectivity index is 1.67. The normalized spacial score (nSPS) is 59.6. The molecule has 4 saturated carbocycles. The van der Waals surface area contributed by atoms with Gasteiger partial charge in [0, 0.05) is 0 Å². The van der Waals surface area contributed by atoms with E-state index in [1.807, 2.05) is 0 Å². The molecular weight excluding hydrogens is 196 g/mol. The predicted octanol–water partition coefficient (Wildman–Crippen LogP) is 2.63. The molecule has 1 nitrogen and oxygen atoms in total.